The number of hydrogen-bond donors (Lipinski definition) is 0. The molecule has 0 radical (unpaired) electrons. The van der Waals surface area contributed by atoms with Crippen molar-refractivity contribution in [2.24, 2.45) is 0 Å². The van der Waals surface area contributed by atoms with Crippen LogP contribution >= 0.6 is 0 Å². The number of carbonyl (C=O) groups is 7. The lowest BCUT2D eigenvalue weighted by atomic mass is 10.1. The van der Waals surface area contributed by atoms with E-state index in [1.54, 1.807) is 55.5 Å². The summed E-state index contributed by atoms with van der Waals surface area (Å²) in [6, 6.07) is 23.0. The van der Waals surface area contributed by atoms with Gasteiger partial charge >= 0.3 is 36.2 Å². The van der Waals surface area contributed by atoms with Gasteiger partial charge in [-0.15, -0.1) is 0 Å². The van der Waals surface area contributed by atoms with Crippen molar-refractivity contribution in [3.8, 4) is 23.0 Å². The van der Waals surface area contributed by atoms with E-state index in [1.165, 1.54) is 42.5 Å². The largest absolute Gasteiger partial charge is 0.513 e. The minimum absolute atomic E-state index is 0.0266. The van der Waals surface area contributed by atoms with Gasteiger partial charge in [-0.25, -0.2) is 28.8 Å². The third kappa shape index (κ3) is 12.3. The fourth-order valence-corrected chi connectivity index (χ4v) is 5.37. The highest BCUT2D eigenvalue weighted by Gasteiger charge is 2.20. The zero-order valence-electron chi connectivity index (χ0n) is 32.3. The highest BCUT2D eigenvalue weighted by Crippen LogP contribution is 2.29. The monoisotopic (exact) mass is 818 g/mol. The smallest absolute Gasteiger partial charge is 0.462 e. The van der Waals surface area contributed by atoms with Crippen molar-refractivity contribution in [2.45, 2.75) is 26.2 Å². The predicted molar refractivity (Wildman–Crippen MR) is 214 cm³/mol. The average molecular weight is 819 g/mol. The summed E-state index contributed by atoms with van der Waals surface area (Å²) in [6.07, 6.45) is 0.803. The summed E-state index contributed by atoms with van der Waals surface area (Å²) in [5, 5.41) is 2.56. The molecule has 0 atom stereocenters. The molecule has 0 saturated heterocycles. The maximum Gasteiger partial charge on any atom is 0.513 e. The molecule has 15 heteroatoms. The van der Waals surface area contributed by atoms with Gasteiger partial charge in [0, 0.05) is 31.4 Å². The molecule has 5 rings (SSSR count). The van der Waals surface area contributed by atoms with E-state index in [1.807, 2.05) is 0 Å². The van der Waals surface area contributed by atoms with Gasteiger partial charge in [-0.3, -0.25) is 4.79 Å². The van der Waals surface area contributed by atoms with E-state index in [9.17, 15) is 33.6 Å². The van der Waals surface area contributed by atoms with Crippen LogP contribution in [0.2, 0.25) is 0 Å². The molecule has 0 unspecified atom stereocenters. The summed E-state index contributed by atoms with van der Waals surface area (Å²) in [5.74, 6) is -2.57. The summed E-state index contributed by atoms with van der Waals surface area (Å²) in [7, 11) is 0. The van der Waals surface area contributed by atoms with Crippen LogP contribution in [0.4, 0.5) is 9.59 Å². The number of ether oxygens (including phenoxy) is 8. The van der Waals surface area contributed by atoms with Crippen LogP contribution in [0.5, 0.6) is 23.0 Å². The molecule has 0 bridgehead atoms. The number of benzene rings is 5. The van der Waals surface area contributed by atoms with E-state index in [0.29, 0.717) is 21.5 Å². The van der Waals surface area contributed by atoms with Crippen LogP contribution in [-0.4, -0.2) is 68.4 Å². The molecule has 5 aromatic carbocycles. The van der Waals surface area contributed by atoms with Crippen molar-refractivity contribution in [1.82, 2.24) is 0 Å². The zero-order chi connectivity index (χ0) is 43.0. The Hall–Kier alpha value is -7.81. The third-order valence-electron chi connectivity index (χ3n) is 8.32. The normalized spacial score (nSPS) is 10.5. The van der Waals surface area contributed by atoms with Crippen LogP contribution in [0.15, 0.2) is 116 Å². The molecule has 0 aliphatic heterocycles. The summed E-state index contributed by atoms with van der Waals surface area (Å²) in [4.78, 5) is 85.7. The minimum atomic E-state index is -0.943. The lowest BCUT2D eigenvalue weighted by molar-refractivity contribution is -0.138. The maximum atomic E-state index is 13.3. The Kier molecular flexibility index (Phi) is 15.2. The number of carbonyl (C=O) groups excluding carboxylic acids is 7. The Labute approximate surface area is 343 Å². The molecule has 308 valence electrons. The van der Waals surface area contributed by atoms with E-state index in [4.69, 9.17) is 37.9 Å². The van der Waals surface area contributed by atoms with Crippen LogP contribution in [0.1, 0.15) is 57.3 Å². The molecular formula is C45H38O15. The second kappa shape index (κ2) is 21.1. The number of fused-ring (bicyclic) bond motifs is 2. The van der Waals surface area contributed by atoms with E-state index >= 15 is 0 Å². The number of Topliss-reactive ketones (excluding diaryl/α,β-unsaturated/α-hetero) is 1. The summed E-state index contributed by atoms with van der Waals surface area (Å²) in [5.41, 5.74) is 0.403. The predicted octanol–water partition coefficient (Wildman–Crippen LogP) is 8.29. The van der Waals surface area contributed by atoms with Crippen molar-refractivity contribution >= 4 is 63.5 Å². The summed E-state index contributed by atoms with van der Waals surface area (Å²) in [6.45, 7) is 8.28. The van der Waals surface area contributed by atoms with E-state index < -0.39 is 36.2 Å². The van der Waals surface area contributed by atoms with E-state index in [0.717, 1.165) is 12.2 Å². The van der Waals surface area contributed by atoms with Crippen molar-refractivity contribution < 1.29 is 71.5 Å². The number of esters is 4. The number of ketones is 1. The van der Waals surface area contributed by atoms with Crippen molar-refractivity contribution in [3.05, 3.63) is 133 Å². The highest BCUT2D eigenvalue weighted by molar-refractivity contribution is 6.02. The molecule has 5 aromatic rings. The van der Waals surface area contributed by atoms with Gasteiger partial charge in [-0.1, -0.05) is 44.3 Å². The van der Waals surface area contributed by atoms with Crippen molar-refractivity contribution in [2.75, 3.05) is 26.4 Å². The lowest BCUT2D eigenvalue weighted by Gasteiger charge is -2.12. The molecule has 0 aliphatic carbocycles. The number of rotatable bonds is 18. The first-order chi connectivity index (χ1) is 29.0. The van der Waals surface area contributed by atoms with Crippen LogP contribution < -0.4 is 18.9 Å². The maximum absolute atomic E-state index is 13.3. The molecule has 15 nitrogen and oxygen atoms in total. The van der Waals surface area contributed by atoms with Gasteiger partial charge in [0.2, 0.25) is 0 Å². The highest BCUT2D eigenvalue weighted by atomic mass is 16.7. The third-order valence-corrected chi connectivity index (χ3v) is 8.32. The molecule has 0 heterocycles. The van der Waals surface area contributed by atoms with Gasteiger partial charge in [0.1, 0.15) is 23.0 Å². The van der Waals surface area contributed by atoms with Gasteiger partial charge in [0.15, 0.2) is 5.78 Å². The molecule has 0 aromatic heterocycles. The van der Waals surface area contributed by atoms with Crippen LogP contribution in [0.25, 0.3) is 21.5 Å². The lowest BCUT2D eigenvalue weighted by Crippen LogP contribution is -2.13. The van der Waals surface area contributed by atoms with Gasteiger partial charge < -0.3 is 37.9 Å². The minimum Gasteiger partial charge on any atom is -0.462 e. The van der Waals surface area contributed by atoms with Crippen LogP contribution in [-0.2, 0) is 28.5 Å². The number of hydrogen-bond acceptors (Lipinski definition) is 15. The Balaban J connectivity index is 1.17. The van der Waals surface area contributed by atoms with Gasteiger partial charge in [-0.05, 0) is 88.3 Å². The quantitative estimate of drug-likeness (QED) is 0.0156. The molecular weight excluding hydrogens is 780 g/mol. The van der Waals surface area contributed by atoms with Gasteiger partial charge in [0.05, 0.1) is 43.1 Å². The van der Waals surface area contributed by atoms with E-state index in [-0.39, 0.29) is 91.2 Å². The van der Waals surface area contributed by atoms with Gasteiger partial charge in [-0.2, -0.15) is 0 Å². The first-order valence-corrected chi connectivity index (χ1v) is 18.4. The van der Waals surface area contributed by atoms with Crippen molar-refractivity contribution in [1.29, 1.82) is 0 Å². The molecule has 0 spiro atoms. The Morgan fingerprint density at radius 3 is 1.38 bits per heavy atom. The fraction of sp³-hybridized carbons (Fsp3) is 0.178. The molecule has 60 heavy (non-hydrogen) atoms. The Bertz CT molecular complexity index is 2470. The standard InChI is InChI=1S/C45H38O15/c1-4-38(46)37-27-36(57-42(49)32-11-9-30-25-34(15-13-28(30)23-32)58-44(51)55-21-7-19-53-40(47)5-2)17-18-39(37)60-43(50)33-12-10-31-26-35(16-14-29(31)24-33)59-45(52)56-22-8-20-54-41(48)6-3/h5-6,9-18,23-27H,2-4,7-8,19-22H2,1H3. The van der Waals surface area contributed by atoms with E-state index in [2.05, 4.69) is 13.2 Å². The Morgan fingerprint density at radius 2 is 0.900 bits per heavy atom. The SMILES string of the molecule is C=CC(=O)OCCCOC(=O)Oc1ccc2cc(C(=O)Oc3ccc(OC(=O)c4ccc5cc(OC(=O)OCCCOC(=O)C=C)ccc5c4)c(C(=O)CC)c3)ccc2c1. The summed E-state index contributed by atoms with van der Waals surface area (Å²) >= 11 is 0. The topological polar surface area (TPSA) is 193 Å². The summed E-state index contributed by atoms with van der Waals surface area (Å²) < 4.78 is 41.3. The fourth-order valence-electron chi connectivity index (χ4n) is 5.37. The molecule has 0 saturated carbocycles. The zero-order valence-corrected chi connectivity index (χ0v) is 32.3. The average Bonchev–Trinajstić information content (AvgIpc) is 3.25. The second-order valence-electron chi connectivity index (χ2n) is 12.5. The van der Waals surface area contributed by atoms with Crippen molar-refractivity contribution in [3.63, 3.8) is 0 Å². The molecule has 0 N–H and O–H groups in total. The van der Waals surface area contributed by atoms with Crippen LogP contribution in [0, 0.1) is 0 Å². The molecule has 0 aliphatic rings. The van der Waals surface area contributed by atoms with Crippen LogP contribution in [0.3, 0.4) is 0 Å². The van der Waals surface area contributed by atoms with Gasteiger partial charge in [0.25, 0.3) is 0 Å². The molecule has 0 amide bonds. The Morgan fingerprint density at radius 1 is 0.483 bits per heavy atom. The second-order valence-corrected chi connectivity index (χ2v) is 12.5. The first kappa shape index (κ1) is 43.3. The molecule has 0 fully saturated rings. The first-order valence-electron chi connectivity index (χ1n) is 18.4.